The van der Waals surface area contributed by atoms with Gasteiger partial charge >= 0.3 is 5.97 Å². The van der Waals surface area contributed by atoms with Gasteiger partial charge in [0.2, 0.25) is 0 Å². The summed E-state index contributed by atoms with van der Waals surface area (Å²) in [6, 6.07) is 0. The lowest BCUT2D eigenvalue weighted by atomic mass is 10.4. The SMILES string of the molecule is C#CCCOCC(OCC)C(=O)O. The van der Waals surface area contributed by atoms with E-state index in [1.54, 1.807) is 6.92 Å². The Bertz CT molecular complexity index is 183. The Hall–Kier alpha value is -1.05. The third-order valence-electron chi connectivity index (χ3n) is 1.30. The van der Waals surface area contributed by atoms with E-state index in [1.165, 1.54) is 0 Å². The van der Waals surface area contributed by atoms with Crippen LogP contribution in [0.25, 0.3) is 0 Å². The molecule has 0 aromatic rings. The van der Waals surface area contributed by atoms with Crippen LogP contribution in [0.2, 0.25) is 0 Å². The fourth-order valence-electron chi connectivity index (χ4n) is 0.713. The second-order valence-corrected chi connectivity index (χ2v) is 2.31. The maximum atomic E-state index is 10.5. The lowest BCUT2D eigenvalue weighted by Gasteiger charge is -2.11. The molecule has 1 atom stereocenters. The molecular weight excluding hydrogens is 172 g/mol. The molecule has 4 heteroatoms. The lowest BCUT2D eigenvalue weighted by molar-refractivity contribution is -0.154. The quantitative estimate of drug-likeness (QED) is 0.465. The standard InChI is InChI=1S/C9H14O4/c1-3-5-6-12-7-8(9(10)11)13-4-2/h1,8H,4-7H2,2H3,(H,10,11). The maximum Gasteiger partial charge on any atom is 0.335 e. The first kappa shape index (κ1) is 11.9. The number of rotatable bonds is 7. The van der Waals surface area contributed by atoms with Crippen LogP contribution in [-0.4, -0.2) is 37.0 Å². The number of hydrogen-bond acceptors (Lipinski definition) is 3. The van der Waals surface area contributed by atoms with Crippen LogP contribution in [0, 0.1) is 12.3 Å². The Morgan fingerprint density at radius 2 is 2.38 bits per heavy atom. The van der Waals surface area contributed by atoms with Gasteiger partial charge in [0.25, 0.3) is 0 Å². The summed E-state index contributed by atoms with van der Waals surface area (Å²) in [5, 5.41) is 8.62. The fourth-order valence-corrected chi connectivity index (χ4v) is 0.713. The first-order valence-electron chi connectivity index (χ1n) is 4.08. The second kappa shape index (κ2) is 7.59. The number of ether oxygens (including phenoxy) is 2. The van der Waals surface area contributed by atoms with Crippen molar-refractivity contribution in [2.24, 2.45) is 0 Å². The van der Waals surface area contributed by atoms with Gasteiger partial charge in [-0.05, 0) is 6.92 Å². The molecule has 0 radical (unpaired) electrons. The highest BCUT2D eigenvalue weighted by molar-refractivity contribution is 5.72. The van der Waals surface area contributed by atoms with Crippen molar-refractivity contribution in [3.05, 3.63) is 0 Å². The summed E-state index contributed by atoms with van der Waals surface area (Å²) in [6.07, 6.45) is 4.58. The minimum atomic E-state index is -1.01. The molecule has 4 nitrogen and oxygen atoms in total. The molecule has 0 rings (SSSR count). The van der Waals surface area contributed by atoms with Crippen molar-refractivity contribution in [2.75, 3.05) is 19.8 Å². The maximum absolute atomic E-state index is 10.5. The number of terminal acetylenes is 1. The zero-order chi connectivity index (χ0) is 10.1. The highest BCUT2D eigenvalue weighted by Crippen LogP contribution is 1.94. The van der Waals surface area contributed by atoms with Crippen LogP contribution in [0.1, 0.15) is 13.3 Å². The van der Waals surface area contributed by atoms with E-state index in [-0.39, 0.29) is 6.61 Å². The first-order chi connectivity index (χ1) is 6.22. The normalized spacial score (nSPS) is 12.0. The molecule has 0 saturated heterocycles. The van der Waals surface area contributed by atoms with Crippen LogP contribution in [-0.2, 0) is 14.3 Å². The summed E-state index contributed by atoms with van der Waals surface area (Å²) in [7, 11) is 0. The van der Waals surface area contributed by atoms with E-state index < -0.39 is 12.1 Å². The van der Waals surface area contributed by atoms with Gasteiger partial charge in [0.15, 0.2) is 6.10 Å². The molecule has 1 unspecified atom stereocenters. The topological polar surface area (TPSA) is 55.8 Å². The molecule has 0 fully saturated rings. The Labute approximate surface area is 77.8 Å². The van der Waals surface area contributed by atoms with Gasteiger partial charge in [-0.2, -0.15) is 0 Å². The molecule has 0 aliphatic carbocycles. The van der Waals surface area contributed by atoms with Crippen LogP contribution in [0.15, 0.2) is 0 Å². The van der Waals surface area contributed by atoms with E-state index in [4.69, 9.17) is 21.0 Å². The lowest BCUT2D eigenvalue weighted by Crippen LogP contribution is -2.29. The van der Waals surface area contributed by atoms with Crippen molar-refractivity contribution in [3.63, 3.8) is 0 Å². The third kappa shape index (κ3) is 6.14. The monoisotopic (exact) mass is 186 g/mol. The van der Waals surface area contributed by atoms with Crippen molar-refractivity contribution in [3.8, 4) is 12.3 Å². The van der Waals surface area contributed by atoms with Crippen LogP contribution in [0.3, 0.4) is 0 Å². The zero-order valence-corrected chi connectivity index (χ0v) is 7.66. The summed E-state index contributed by atoms with van der Waals surface area (Å²) in [4.78, 5) is 10.5. The molecule has 0 heterocycles. The van der Waals surface area contributed by atoms with E-state index in [9.17, 15) is 4.79 Å². The molecule has 74 valence electrons. The molecule has 0 aliphatic heterocycles. The molecule has 0 spiro atoms. The van der Waals surface area contributed by atoms with Crippen LogP contribution >= 0.6 is 0 Å². The van der Waals surface area contributed by atoms with Gasteiger partial charge in [-0.1, -0.05) is 0 Å². The number of hydrogen-bond donors (Lipinski definition) is 1. The summed E-state index contributed by atoms with van der Waals surface area (Å²) in [5.74, 6) is 1.38. The van der Waals surface area contributed by atoms with Crippen LogP contribution in [0.4, 0.5) is 0 Å². The van der Waals surface area contributed by atoms with Crippen molar-refractivity contribution >= 4 is 5.97 Å². The van der Waals surface area contributed by atoms with Crippen molar-refractivity contribution in [2.45, 2.75) is 19.4 Å². The summed E-state index contributed by atoms with van der Waals surface area (Å²) in [5.41, 5.74) is 0. The van der Waals surface area contributed by atoms with E-state index in [0.29, 0.717) is 19.6 Å². The predicted molar refractivity (Wildman–Crippen MR) is 47.3 cm³/mol. The van der Waals surface area contributed by atoms with Crippen molar-refractivity contribution < 1.29 is 19.4 Å². The minimum Gasteiger partial charge on any atom is -0.479 e. The molecule has 1 N–H and O–H groups in total. The highest BCUT2D eigenvalue weighted by atomic mass is 16.5. The second-order valence-electron chi connectivity index (χ2n) is 2.31. The van der Waals surface area contributed by atoms with E-state index in [1.807, 2.05) is 0 Å². The predicted octanol–water partition coefficient (Wildman–Crippen LogP) is 0.516. The largest absolute Gasteiger partial charge is 0.479 e. The fraction of sp³-hybridized carbons (Fsp3) is 0.667. The van der Waals surface area contributed by atoms with Crippen LogP contribution in [0.5, 0.6) is 0 Å². The average Bonchev–Trinajstić information content (AvgIpc) is 2.10. The van der Waals surface area contributed by atoms with Crippen molar-refractivity contribution in [1.29, 1.82) is 0 Å². The van der Waals surface area contributed by atoms with E-state index in [2.05, 4.69) is 5.92 Å². The molecule has 0 amide bonds. The van der Waals surface area contributed by atoms with E-state index >= 15 is 0 Å². The molecule has 0 aromatic heterocycles. The molecule has 0 aromatic carbocycles. The summed E-state index contributed by atoms with van der Waals surface area (Å²) >= 11 is 0. The van der Waals surface area contributed by atoms with Gasteiger partial charge in [-0.3, -0.25) is 0 Å². The molecule has 0 bridgehead atoms. The smallest absolute Gasteiger partial charge is 0.335 e. The van der Waals surface area contributed by atoms with Gasteiger partial charge in [-0.15, -0.1) is 12.3 Å². The van der Waals surface area contributed by atoms with Gasteiger partial charge < -0.3 is 14.6 Å². The van der Waals surface area contributed by atoms with Gasteiger partial charge in [0.1, 0.15) is 0 Å². The highest BCUT2D eigenvalue weighted by Gasteiger charge is 2.16. The van der Waals surface area contributed by atoms with E-state index in [0.717, 1.165) is 0 Å². The Morgan fingerprint density at radius 1 is 1.69 bits per heavy atom. The number of carboxylic acid groups (broad SMARTS) is 1. The van der Waals surface area contributed by atoms with Gasteiger partial charge in [0, 0.05) is 13.0 Å². The first-order valence-corrected chi connectivity index (χ1v) is 4.08. The Morgan fingerprint density at radius 3 is 2.85 bits per heavy atom. The number of aliphatic carboxylic acids is 1. The Kier molecular flexibility index (Phi) is 6.98. The zero-order valence-electron chi connectivity index (χ0n) is 7.66. The third-order valence-corrected chi connectivity index (χ3v) is 1.30. The minimum absolute atomic E-state index is 0.0465. The number of carboxylic acids is 1. The molecule has 0 saturated carbocycles. The summed E-state index contributed by atoms with van der Waals surface area (Å²) < 4.78 is 9.91. The van der Waals surface area contributed by atoms with Crippen molar-refractivity contribution in [1.82, 2.24) is 0 Å². The molecule has 0 aliphatic rings. The summed E-state index contributed by atoms with van der Waals surface area (Å²) in [6.45, 7) is 2.51. The molecular formula is C9H14O4. The molecule has 13 heavy (non-hydrogen) atoms. The average molecular weight is 186 g/mol. The van der Waals surface area contributed by atoms with Crippen LogP contribution < -0.4 is 0 Å². The number of carbonyl (C=O) groups is 1. The van der Waals surface area contributed by atoms with Gasteiger partial charge in [-0.25, -0.2) is 4.79 Å². The van der Waals surface area contributed by atoms with Gasteiger partial charge in [0.05, 0.1) is 13.2 Å². The Balaban J connectivity index is 3.58.